The van der Waals surface area contributed by atoms with Crippen LogP contribution >= 0.6 is 11.8 Å². The van der Waals surface area contributed by atoms with E-state index in [2.05, 4.69) is 23.1 Å². The van der Waals surface area contributed by atoms with E-state index in [0.29, 0.717) is 12.2 Å². The van der Waals surface area contributed by atoms with Crippen LogP contribution in [0.15, 0.2) is 64.0 Å². The maximum Gasteiger partial charge on any atom is 0.314 e. The molecule has 0 aromatic heterocycles. The van der Waals surface area contributed by atoms with E-state index in [1.54, 1.807) is 25.8 Å². The minimum Gasteiger partial charge on any atom is -0.497 e. The lowest BCUT2D eigenvalue weighted by Crippen LogP contribution is -2.42. The van der Waals surface area contributed by atoms with Crippen LogP contribution in [0.2, 0.25) is 0 Å². The van der Waals surface area contributed by atoms with Crippen molar-refractivity contribution in [2.24, 2.45) is 11.8 Å². The normalized spacial score (nSPS) is 22.6. The molecule has 2 aliphatic rings. The van der Waals surface area contributed by atoms with Gasteiger partial charge in [0.2, 0.25) is 0 Å². The predicted molar refractivity (Wildman–Crippen MR) is 112 cm³/mol. The molecule has 0 N–H and O–H groups in total. The molecule has 0 amide bonds. The average molecular weight is 407 g/mol. The third kappa shape index (κ3) is 3.16. The largest absolute Gasteiger partial charge is 0.497 e. The van der Waals surface area contributed by atoms with E-state index < -0.39 is 5.92 Å². The molecule has 2 aromatic rings. The smallest absolute Gasteiger partial charge is 0.314 e. The lowest BCUT2D eigenvalue weighted by atomic mass is 9.76. The van der Waals surface area contributed by atoms with Crippen molar-refractivity contribution < 1.29 is 14.3 Å². The number of benzene rings is 2. The number of carbonyl (C=O) groups excluding carboxylic acids is 1. The molecule has 0 aliphatic carbocycles. The summed E-state index contributed by atoms with van der Waals surface area (Å²) >= 11 is 1.55. The zero-order chi connectivity index (χ0) is 20.5. The number of thioether (sulfide) groups is 1. The van der Waals surface area contributed by atoms with Crippen LogP contribution in [0.3, 0.4) is 0 Å². The van der Waals surface area contributed by atoms with E-state index in [-0.39, 0.29) is 17.9 Å². The molecule has 0 saturated carbocycles. The minimum absolute atomic E-state index is 0.0986. The van der Waals surface area contributed by atoms with Gasteiger partial charge in [-0.1, -0.05) is 43.0 Å². The van der Waals surface area contributed by atoms with Crippen LogP contribution < -0.4 is 9.64 Å². The van der Waals surface area contributed by atoms with Crippen molar-refractivity contribution in [2.45, 2.75) is 24.8 Å². The minimum atomic E-state index is -0.597. The third-order valence-corrected chi connectivity index (χ3v) is 6.69. The second-order valence-electron chi connectivity index (χ2n) is 7.08. The first-order chi connectivity index (χ1) is 14.1. The molecule has 2 heterocycles. The number of fused-ring (bicyclic) bond motifs is 3. The molecule has 0 fully saturated rings. The molecule has 0 bridgehead atoms. The summed E-state index contributed by atoms with van der Waals surface area (Å²) in [4.78, 5) is 16.2. The van der Waals surface area contributed by atoms with Crippen LogP contribution in [-0.2, 0) is 9.53 Å². The summed E-state index contributed by atoms with van der Waals surface area (Å²) in [6.45, 7) is 4.11. The van der Waals surface area contributed by atoms with E-state index in [1.807, 2.05) is 43.3 Å². The van der Waals surface area contributed by atoms with Gasteiger partial charge in [-0.05, 0) is 42.7 Å². The highest BCUT2D eigenvalue weighted by atomic mass is 32.2. The number of rotatable bonds is 4. The molecule has 2 aliphatic heterocycles. The number of para-hydroxylation sites is 1. The lowest BCUT2D eigenvalue weighted by Gasteiger charge is -2.42. The van der Waals surface area contributed by atoms with Gasteiger partial charge in [0, 0.05) is 4.90 Å². The van der Waals surface area contributed by atoms with Gasteiger partial charge in [0.25, 0.3) is 0 Å². The van der Waals surface area contributed by atoms with E-state index in [1.165, 1.54) is 0 Å². The summed E-state index contributed by atoms with van der Waals surface area (Å²) < 4.78 is 10.7. The van der Waals surface area contributed by atoms with Crippen LogP contribution in [0, 0.1) is 23.2 Å². The Bertz CT molecular complexity index is 1010. The number of esters is 1. The molecule has 0 unspecified atom stereocenters. The van der Waals surface area contributed by atoms with Gasteiger partial charge in [-0.25, -0.2) is 0 Å². The van der Waals surface area contributed by atoms with E-state index in [9.17, 15) is 10.1 Å². The van der Waals surface area contributed by atoms with Crippen molar-refractivity contribution >= 4 is 23.4 Å². The fraction of sp³-hybridized carbons (Fsp3) is 0.304. The van der Waals surface area contributed by atoms with E-state index in [0.717, 1.165) is 26.9 Å². The standard InChI is InChI=1S/C23H22N2O3S/c1-4-28-23(26)20-14(2)21(15-9-11-16(27-3)12-10-15)25-18-7-5-6-8-19(18)29-22(25)17(20)13-24/h5-12,14,20-21H,4H2,1-3H3/t14-,20-,21-/m1/s1. The summed E-state index contributed by atoms with van der Waals surface area (Å²) in [5.41, 5.74) is 2.62. The molecule has 2 aromatic carbocycles. The number of ether oxygens (including phenoxy) is 2. The fourth-order valence-corrected chi connectivity index (χ4v) is 5.43. The van der Waals surface area contributed by atoms with Crippen molar-refractivity contribution in [1.82, 2.24) is 0 Å². The quantitative estimate of drug-likeness (QED) is 0.672. The van der Waals surface area contributed by atoms with Crippen molar-refractivity contribution in [3.8, 4) is 11.8 Å². The van der Waals surface area contributed by atoms with Crippen molar-refractivity contribution in [3.05, 3.63) is 64.7 Å². The molecule has 6 heteroatoms. The number of hydrogen-bond acceptors (Lipinski definition) is 6. The van der Waals surface area contributed by atoms with Crippen LogP contribution in [0.25, 0.3) is 0 Å². The highest BCUT2D eigenvalue weighted by Crippen LogP contribution is 2.57. The zero-order valence-electron chi connectivity index (χ0n) is 16.6. The Morgan fingerprint density at radius 2 is 1.93 bits per heavy atom. The SMILES string of the molecule is CCOC(=O)[C@H]1C(C#N)=C2Sc3ccccc3N2[C@@H](c2ccc(OC)cc2)[C@@H]1C. The van der Waals surface area contributed by atoms with Gasteiger partial charge in [-0.3, -0.25) is 4.79 Å². The molecular formula is C23H22N2O3S. The van der Waals surface area contributed by atoms with Crippen molar-refractivity contribution in [1.29, 1.82) is 5.26 Å². The van der Waals surface area contributed by atoms with E-state index in [4.69, 9.17) is 9.47 Å². The Balaban J connectivity index is 1.90. The summed E-state index contributed by atoms with van der Waals surface area (Å²) in [5, 5.41) is 10.8. The third-order valence-electron chi connectivity index (χ3n) is 5.51. The molecule has 0 saturated heterocycles. The second kappa shape index (κ2) is 7.84. The van der Waals surface area contributed by atoms with Crippen LogP contribution in [0.5, 0.6) is 5.75 Å². The van der Waals surface area contributed by atoms with Crippen molar-refractivity contribution in [2.75, 3.05) is 18.6 Å². The summed E-state index contributed by atoms with van der Waals surface area (Å²) in [7, 11) is 1.64. The highest BCUT2D eigenvalue weighted by molar-refractivity contribution is 8.03. The Kier molecular flexibility index (Phi) is 5.25. The number of anilines is 1. The molecule has 4 rings (SSSR count). The molecule has 5 nitrogen and oxygen atoms in total. The molecule has 148 valence electrons. The Morgan fingerprint density at radius 3 is 2.59 bits per heavy atom. The molecular weight excluding hydrogens is 384 g/mol. The Morgan fingerprint density at radius 1 is 1.21 bits per heavy atom. The van der Waals surface area contributed by atoms with Gasteiger partial charge in [0.05, 0.1) is 48.0 Å². The average Bonchev–Trinajstić information content (AvgIpc) is 3.12. The van der Waals surface area contributed by atoms with Crippen LogP contribution in [-0.4, -0.2) is 19.7 Å². The Hall–Kier alpha value is -2.91. The second-order valence-corrected chi connectivity index (χ2v) is 8.11. The topological polar surface area (TPSA) is 62.6 Å². The van der Waals surface area contributed by atoms with Gasteiger partial charge in [0.15, 0.2) is 0 Å². The summed E-state index contributed by atoms with van der Waals surface area (Å²) in [5.74, 6) is -0.296. The number of nitrogens with zero attached hydrogens (tertiary/aromatic N) is 2. The first-order valence-electron chi connectivity index (χ1n) is 9.61. The van der Waals surface area contributed by atoms with Crippen LogP contribution in [0.4, 0.5) is 5.69 Å². The zero-order valence-corrected chi connectivity index (χ0v) is 17.4. The summed E-state index contributed by atoms with van der Waals surface area (Å²) in [6, 6.07) is 18.3. The van der Waals surface area contributed by atoms with Gasteiger partial charge in [-0.15, -0.1) is 0 Å². The molecule has 0 spiro atoms. The maximum atomic E-state index is 12.9. The monoisotopic (exact) mass is 406 g/mol. The van der Waals surface area contributed by atoms with Crippen molar-refractivity contribution in [3.63, 3.8) is 0 Å². The molecule has 0 radical (unpaired) electrons. The predicted octanol–water partition coefficient (Wildman–Crippen LogP) is 4.91. The van der Waals surface area contributed by atoms with Gasteiger partial charge >= 0.3 is 5.97 Å². The van der Waals surface area contributed by atoms with Gasteiger partial charge in [0.1, 0.15) is 5.75 Å². The highest BCUT2D eigenvalue weighted by Gasteiger charge is 2.48. The molecule has 29 heavy (non-hydrogen) atoms. The van der Waals surface area contributed by atoms with Crippen LogP contribution in [0.1, 0.15) is 25.5 Å². The lowest BCUT2D eigenvalue weighted by molar-refractivity contribution is -0.148. The fourth-order valence-electron chi connectivity index (χ4n) is 4.22. The van der Waals surface area contributed by atoms with Gasteiger partial charge < -0.3 is 14.4 Å². The first kappa shape index (κ1) is 19.4. The maximum absolute atomic E-state index is 12.9. The number of nitriles is 1. The first-order valence-corrected chi connectivity index (χ1v) is 10.4. The Labute approximate surface area is 174 Å². The molecule has 3 atom stereocenters. The number of methoxy groups -OCH3 is 1. The number of hydrogen-bond donors (Lipinski definition) is 0. The van der Waals surface area contributed by atoms with E-state index >= 15 is 0 Å². The summed E-state index contributed by atoms with van der Waals surface area (Å²) in [6.07, 6.45) is 0. The van der Waals surface area contributed by atoms with Gasteiger partial charge in [-0.2, -0.15) is 5.26 Å². The number of carbonyl (C=O) groups is 1.